The van der Waals surface area contributed by atoms with Crippen LogP contribution >= 0.6 is 0 Å². The molecule has 2 aromatic rings. The Morgan fingerprint density at radius 1 is 1.03 bits per heavy atom. The fourth-order valence-electron chi connectivity index (χ4n) is 4.71. The molecule has 4 rings (SSSR count). The number of carbonyl (C=O) groups is 2. The first-order valence-electron chi connectivity index (χ1n) is 11.5. The molecular weight excluding hydrogens is 402 g/mol. The highest BCUT2D eigenvalue weighted by molar-refractivity contribution is 5.96. The van der Waals surface area contributed by atoms with Gasteiger partial charge in [-0.25, -0.2) is 0 Å². The smallest absolute Gasteiger partial charge is 0.255 e. The van der Waals surface area contributed by atoms with Crippen molar-refractivity contribution in [1.29, 1.82) is 0 Å². The molecule has 0 radical (unpaired) electrons. The van der Waals surface area contributed by atoms with Crippen LogP contribution in [-0.4, -0.2) is 25.4 Å². The molecule has 1 fully saturated rings. The Morgan fingerprint density at radius 3 is 2.53 bits per heavy atom. The molecule has 32 heavy (non-hydrogen) atoms. The fraction of sp³-hybridized carbons (Fsp3) is 0.407. The molecule has 0 aromatic heterocycles. The van der Waals surface area contributed by atoms with E-state index < -0.39 is 0 Å². The van der Waals surface area contributed by atoms with Crippen molar-refractivity contribution >= 4 is 12.2 Å². The van der Waals surface area contributed by atoms with Crippen LogP contribution in [0.2, 0.25) is 0 Å². The molecule has 1 amide bonds. The van der Waals surface area contributed by atoms with Gasteiger partial charge in [0, 0.05) is 17.2 Å². The maximum Gasteiger partial charge on any atom is 0.255 e. The van der Waals surface area contributed by atoms with Crippen LogP contribution in [0.25, 0.3) is 0 Å². The number of carbonyl (C=O) groups excluding carboxylic acids is 2. The molecular formula is C27H31NO4. The quantitative estimate of drug-likeness (QED) is 0.578. The monoisotopic (exact) mass is 433 g/mol. The van der Waals surface area contributed by atoms with Gasteiger partial charge >= 0.3 is 0 Å². The highest BCUT2D eigenvalue weighted by Gasteiger charge is 2.25. The maximum absolute atomic E-state index is 13.2. The SMILES string of the molecule is COc1ccc(C(=O)NC2=C(Cc3ccccc3)C(C=O)CCC2)cc1OC1CCCC1. The summed E-state index contributed by atoms with van der Waals surface area (Å²) >= 11 is 0. The zero-order valence-corrected chi connectivity index (χ0v) is 18.6. The van der Waals surface area contributed by atoms with Crippen molar-refractivity contribution in [1.82, 2.24) is 5.32 Å². The number of allylic oxidation sites excluding steroid dienone is 2. The number of methoxy groups -OCH3 is 1. The van der Waals surface area contributed by atoms with Gasteiger partial charge in [0.1, 0.15) is 6.29 Å². The molecule has 2 aliphatic rings. The topological polar surface area (TPSA) is 64.6 Å². The van der Waals surface area contributed by atoms with Gasteiger partial charge in [-0.05, 0) is 80.7 Å². The summed E-state index contributed by atoms with van der Waals surface area (Å²) in [5, 5.41) is 3.11. The van der Waals surface area contributed by atoms with Crippen molar-refractivity contribution < 1.29 is 19.1 Å². The summed E-state index contributed by atoms with van der Waals surface area (Å²) < 4.78 is 11.6. The predicted octanol–water partition coefficient (Wildman–Crippen LogP) is 5.24. The van der Waals surface area contributed by atoms with Crippen LogP contribution in [0.3, 0.4) is 0 Å². The van der Waals surface area contributed by atoms with E-state index in [-0.39, 0.29) is 17.9 Å². The average Bonchev–Trinajstić information content (AvgIpc) is 3.34. The largest absolute Gasteiger partial charge is 0.493 e. The van der Waals surface area contributed by atoms with Gasteiger partial charge < -0.3 is 19.6 Å². The lowest BCUT2D eigenvalue weighted by Crippen LogP contribution is -2.29. The Hall–Kier alpha value is -3.08. The third kappa shape index (κ3) is 5.21. The van der Waals surface area contributed by atoms with Crippen molar-refractivity contribution in [3.8, 4) is 11.5 Å². The first-order chi connectivity index (χ1) is 15.7. The standard InChI is InChI=1S/C27H31NO4/c1-31-25-15-14-20(17-26(25)32-22-11-5-6-12-22)27(30)28-24-13-7-10-21(18-29)23(24)16-19-8-3-2-4-9-19/h2-4,8-9,14-15,17-18,21-22H,5-7,10-13,16H2,1H3,(H,28,30). The van der Waals surface area contributed by atoms with E-state index in [9.17, 15) is 9.59 Å². The average molecular weight is 434 g/mol. The molecule has 168 valence electrons. The van der Waals surface area contributed by atoms with E-state index in [4.69, 9.17) is 9.47 Å². The minimum Gasteiger partial charge on any atom is -0.493 e. The molecule has 5 nitrogen and oxygen atoms in total. The van der Waals surface area contributed by atoms with Crippen molar-refractivity contribution in [3.63, 3.8) is 0 Å². The fourth-order valence-corrected chi connectivity index (χ4v) is 4.71. The number of amides is 1. The van der Waals surface area contributed by atoms with Gasteiger partial charge in [0.25, 0.3) is 5.91 Å². The minimum atomic E-state index is -0.184. The van der Waals surface area contributed by atoms with E-state index in [0.717, 1.165) is 55.2 Å². The number of ether oxygens (including phenoxy) is 2. The van der Waals surface area contributed by atoms with Crippen LogP contribution in [0.5, 0.6) is 11.5 Å². The molecule has 0 saturated heterocycles. The number of hydrogen-bond acceptors (Lipinski definition) is 4. The van der Waals surface area contributed by atoms with Gasteiger partial charge in [-0.1, -0.05) is 30.3 Å². The molecule has 1 atom stereocenters. The second-order valence-corrected chi connectivity index (χ2v) is 8.65. The molecule has 2 aromatic carbocycles. The maximum atomic E-state index is 13.2. The summed E-state index contributed by atoms with van der Waals surface area (Å²) in [6.07, 6.45) is 8.73. The summed E-state index contributed by atoms with van der Waals surface area (Å²) in [7, 11) is 1.61. The van der Waals surface area contributed by atoms with E-state index in [2.05, 4.69) is 17.4 Å². The van der Waals surface area contributed by atoms with Gasteiger partial charge in [0.05, 0.1) is 13.2 Å². The molecule has 1 unspecified atom stereocenters. The van der Waals surface area contributed by atoms with Gasteiger partial charge in [-0.2, -0.15) is 0 Å². The summed E-state index contributed by atoms with van der Waals surface area (Å²) in [6, 6.07) is 15.4. The lowest BCUT2D eigenvalue weighted by Gasteiger charge is -2.26. The second-order valence-electron chi connectivity index (χ2n) is 8.65. The van der Waals surface area contributed by atoms with Crippen molar-refractivity contribution in [2.24, 2.45) is 5.92 Å². The first-order valence-corrected chi connectivity index (χ1v) is 11.5. The zero-order valence-electron chi connectivity index (χ0n) is 18.6. The second kappa shape index (κ2) is 10.5. The third-order valence-corrected chi connectivity index (χ3v) is 6.46. The molecule has 2 aliphatic carbocycles. The normalized spacial score (nSPS) is 19.0. The Labute approximate surface area is 189 Å². The lowest BCUT2D eigenvalue weighted by atomic mass is 9.83. The third-order valence-electron chi connectivity index (χ3n) is 6.46. The van der Waals surface area contributed by atoms with Crippen molar-refractivity contribution in [2.45, 2.75) is 57.5 Å². The van der Waals surface area contributed by atoms with Gasteiger partial charge in [0.15, 0.2) is 11.5 Å². The Balaban J connectivity index is 1.57. The molecule has 0 bridgehead atoms. The summed E-state index contributed by atoms with van der Waals surface area (Å²) in [6.45, 7) is 0. The number of benzene rings is 2. The van der Waals surface area contributed by atoms with Crippen molar-refractivity contribution in [3.05, 3.63) is 70.9 Å². The van der Waals surface area contributed by atoms with E-state index in [1.807, 2.05) is 18.2 Å². The Bertz CT molecular complexity index is 976. The van der Waals surface area contributed by atoms with Gasteiger partial charge in [-0.15, -0.1) is 0 Å². The first kappa shape index (κ1) is 22.1. The van der Waals surface area contributed by atoms with Crippen LogP contribution in [-0.2, 0) is 11.2 Å². The van der Waals surface area contributed by atoms with Crippen LogP contribution < -0.4 is 14.8 Å². The van der Waals surface area contributed by atoms with E-state index in [1.165, 1.54) is 12.8 Å². The van der Waals surface area contributed by atoms with Crippen LogP contribution in [0.1, 0.15) is 60.9 Å². The van der Waals surface area contributed by atoms with Crippen molar-refractivity contribution in [2.75, 3.05) is 7.11 Å². The van der Waals surface area contributed by atoms with Gasteiger partial charge in [0.2, 0.25) is 0 Å². The number of aldehydes is 1. The van der Waals surface area contributed by atoms with E-state index >= 15 is 0 Å². The van der Waals surface area contributed by atoms with Crippen LogP contribution in [0, 0.1) is 5.92 Å². The zero-order chi connectivity index (χ0) is 22.3. The number of hydrogen-bond donors (Lipinski definition) is 1. The van der Waals surface area contributed by atoms with E-state index in [0.29, 0.717) is 23.5 Å². The van der Waals surface area contributed by atoms with Crippen LogP contribution in [0.4, 0.5) is 0 Å². The highest BCUT2D eigenvalue weighted by atomic mass is 16.5. The van der Waals surface area contributed by atoms with E-state index in [1.54, 1.807) is 25.3 Å². The summed E-state index contributed by atoms with van der Waals surface area (Å²) in [5.74, 6) is 0.906. The molecule has 5 heteroatoms. The van der Waals surface area contributed by atoms with Gasteiger partial charge in [-0.3, -0.25) is 4.79 Å². The highest BCUT2D eigenvalue weighted by Crippen LogP contribution is 2.33. The molecule has 0 aliphatic heterocycles. The Morgan fingerprint density at radius 2 is 1.81 bits per heavy atom. The van der Waals surface area contributed by atoms with Crippen LogP contribution in [0.15, 0.2) is 59.8 Å². The minimum absolute atomic E-state index is 0.156. The number of rotatable bonds is 8. The predicted molar refractivity (Wildman–Crippen MR) is 124 cm³/mol. The summed E-state index contributed by atoms with van der Waals surface area (Å²) in [5.41, 5.74) is 3.55. The Kier molecular flexibility index (Phi) is 7.25. The molecule has 1 saturated carbocycles. The lowest BCUT2D eigenvalue weighted by molar-refractivity contribution is -0.110. The summed E-state index contributed by atoms with van der Waals surface area (Å²) in [4.78, 5) is 24.9. The molecule has 0 spiro atoms. The molecule has 0 heterocycles. The molecule has 1 N–H and O–H groups in total. The number of nitrogens with one attached hydrogen (secondary N) is 1.